The molecule has 0 aliphatic rings. The molecule has 0 bridgehead atoms. The van der Waals surface area contributed by atoms with Crippen molar-refractivity contribution in [2.45, 2.75) is 17.9 Å². The highest BCUT2D eigenvalue weighted by Gasteiger charge is 2.15. The smallest absolute Gasteiger partial charge is 0.263 e. The highest BCUT2D eigenvalue weighted by atomic mass is 32.2. The number of thiazole rings is 1. The van der Waals surface area contributed by atoms with Crippen molar-refractivity contribution >= 4 is 49.0 Å². The molecule has 0 unspecified atom stereocenters. The standard InChI is InChI=1S/C20H17FN4O3S2/c21-17-3-1-2-14-8-11-25(19(14)17)12-9-18(26)23-15-4-6-16(7-5-15)30(27,28)24-20-22-10-13-29-20/h1-8,10-11,13H,9,12H2,(H,22,24)(H,23,26). The number of benzene rings is 2. The summed E-state index contributed by atoms with van der Waals surface area (Å²) in [4.78, 5) is 16.2. The number of halogens is 1. The van der Waals surface area contributed by atoms with Crippen molar-refractivity contribution in [1.82, 2.24) is 9.55 Å². The molecule has 1 amide bonds. The fraction of sp³-hybridized carbons (Fsp3) is 0.100. The number of carbonyl (C=O) groups excluding carboxylic acids is 1. The van der Waals surface area contributed by atoms with Gasteiger partial charge in [0.15, 0.2) is 5.13 Å². The van der Waals surface area contributed by atoms with Crippen LogP contribution in [0.3, 0.4) is 0 Å². The van der Waals surface area contributed by atoms with Crippen LogP contribution in [0, 0.1) is 5.82 Å². The van der Waals surface area contributed by atoms with Crippen LogP contribution in [0.25, 0.3) is 10.9 Å². The Bertz CT molecular complexity index is 1280. The lowest BCUT2D eigenvalue weighted by Crippen LogP contribution is -2.15. The molecule has 2 heterocycles. The van der Waals surface area contributed by atoms with E-state index in [9.17, 15) is 17.6 Å². The third kappa shape index (κ3) is 4.34. The Morgan fingerprint density at radius 1 is 1.13 bits per heavy atom. The van der Waals surface area contributed by atoms with Crippen LogP contribution in [0.4, 0.5) is 15.2 Å². The summed E-state index contributed by atoms with van der Waals surface area (Å²) in [6.07, 6.45) is 3.39. The molecule has 2 aromatic carbocycles. The monoisotopic (exact) mass is 444 g/mol. The molecule has 0 saturated heterocycles. The van der Waals surface area contributed by atoms with Crippen molar-refractivity contribution in [3.05, 3.63) is 72.1 Å². The summed E-state index contributed by atoms with van der Waals surface area (Å²) in [5.41, 5.74) is 0.935. The Hall–Kier alpha value is -3.24. The number of hydrogen-bond acceptors (Lipinski definition) is 5. The van der Waals surface area contributed by atoms with Gasteiger partial charge in [-0.3, -0.25) is 9.52 Å². The predicted molar refractivity (Wildman–Crippen MR) is 115 cm³/mol. The van der Waals surface area contributed by atoms with Crippen LogP contribution in [0.5, 0.6) is 0 Å². The van der Waals surface area contributed by atoms with Gasteiger partial charge >= 0.3 is 0 Å². The quantitative estimate of drug-likeness (QED) is 0.449. The van der Waals surface area contributed by atoms with Crippen LogP contribution >= 0.6 is 11.3 Å². The topological polar surface area (TPSA) is 93.1 Å². The van der Waals surface area contributed by atoms with Crippen molar-refractivity contribution in [3.63, 3.8) is 0 Å². The average Bonchev–Trinajstić information content (AvgIpc) is 3.37. The van der Waals surface area contributed by atoms with Gasteiger partial charge in [-0.05, 0) is 36.4 Å². The predicted octanol–water partition coefficient (Wildman–Crippen LogP) is 4.07. The summed E-state index contributed by atoms with van der Waals surface area (Å²) in [6.45, 7) is 0.320. The van der Waals surface area contributed by atoms with E-state index in [2.05, 4.69) is 15.0 Å². The number of aryl methyl sites for hydroxylation is 1. The van der Waals surface area contributed by atoms with Crippen molar-refractivity contribution < 1.29 is 17.6 Å². The van der Waals surface area contributed by atoms with Gasteiger partial charge in [-0.1, -0.05) is 12.1 Å². The number of anilines is 2. The largest absolute Gasteiger partial charge is 0.345 e. The molecule has 2 aromatic heterocycles. The first-order valence-electron chi connectivity index (χ1n) is 8.98. The maximum absolute atomic E-state index is 14.0. The molecule has 0 aliphatic carbocycles. The van der Waals surface area contributed by atoms with E-state index in [0.717, 1.165) is 5.39 Å². The van der Waals surface area contributed by atoms with Crippen LogP contribution in [-0.4, -0.2) is 23.9 Å². The van der Waals surface area contributed by atoms with Gasteiger partial charge in [-0.2, -0.15) is 0 Å². The van der Waals surface area contributed by atoms with E-state index in [-0.39, 0.29) is 28.2 Å². The Morgan fingerprint density at radius 3 is 2.67 bits per heavy atom. The fourth-order valence-corrected chi connectivity index (χ4v) is 4.80. The lowest BCUT2D eigenvalue weighted by Gasteiger charge is -2.09. The minimum absolute atomic E-state index is 0.0602. The first-order chi connectivity index (χ1) is 14.4. The Kier molecular flexibility index (Phi) is 5.51. The van der Waals surface area contributed by atoms with Gasteiger partial charge in [-0.15, -0.1) is 11.3 Å². The Balaban J connectivity index is 1.38. The zero-order chi connectivity index (χ0) is 21.1. The van der Waals surface area contributed by atoms with Gasteiger partial charge in [0.25, 0.3) is 10.0 Å². The number of nitrogens with zero attached hydrogens (tertiary/aromatic N) is 2. The van der Waals surface area contributed by atoms with Gasteiger partial charge in [-0.25, -0.2) is 17.8 Å². The van der Waals surface area contributed by atoms with Crippen LogP contribution in [0.1, 0.15) is 6.42 Å². The number of aromatic nitrogens is 2. The van der Waals surface area contributed by atoms with E-state index in [1.165, 1.54) is 47.9 Å². The SMILES string of the molecule is O=C(CCn1ccc2cccc(F)c21)Nc1ccc(S(=O)(=O)Nc2nccs2)cc1. The zero-order valence-corrected chi connectivity index (χ0v) is 17.2. The van der Waals surface area contributed by atoms with E-state index in [1.54, 1.807) is 28.3 Å². The molecule has 7 nitrogen and oxygen atoms in total. The molecule has 0 atom stereocenters. The highest BCUT2D eigenvalue weighted by Crippen LogP contribution is 2.21. The molecule has 10 heteroatoms. The molecule has 2 N–H and O–H groups in total. The fourth-order valence-electron chi connectivity index (χ4n) is 3.01. The summed E-state index contributed by atoms with van der Waals surface area (Å²) >= 11 is 1.18. The number of nitrogens with one attached hydrogen (secondary N) is 2. The van der Waals surface area contributed by atoms with Crippen LogP contribution in [-0.2, 0) is 21.4 Å². The number of amides is 1. The molecule has 154 valence electrons. The van der Waals surface area contributed by atoms with Crippen LogP contribution in [0.15, 0.2) is 71.2 Å². The summed E-state index contributed by atoms with van der Waals surface area (Å²) < 4.78 is 42.8. The molecule has 4 rings (SSSR count). The first-order valence-corrected chi connectivity index (χ1v) is 11.3. The van der Waals surface area contributed by atoms with Crippen molar-refractivity contribution in [3.8, 4) is 0 Å². The zero-order valence-electron chi connectivity index (χ0n) is 15.6. The number of sulfonamides is 1. The highest BCUT2D eigenvalue weighted by molar-refractivity contribution is 7.93. The van der Waals surface area contributed by atoms with Gasteiger partial charge in [0.1, 0.15) is 5.82 Å². The lowest BCUT2D eigenvalue weighted by atomic mass is 10.2. The molecular weight excluding hydrogens is 427 g/mol. The molecule has 0 fully saturated rings. The van der Waals surface area contributed by atoms with Crippen molar-refractivity contribution in [2.24, 2.45) is 0 Å². The second-order valence-electron chi connectivity index (χ2n) is 6.45. The third-order valence-corrected chi connectivity index (χ3v) is 6.59. The lowest BCUT2D eigenvalue weighted by molar-refractivity contribution is -0.116. The summed E-state index contributed by atoms with van der Waals surface area (Å²) in [6, 6.07) is 12.5. The maximum Gasteiger partial charge on any atom is 0.263 e. The molecule has 0 radical (unpaired) electrons. The van der Waals surface area contributed by atoms with Gasteiger partial charge in [0.05, 0.1) is 10.4 Å². The van der Waals surface area contributed by atoms with E-state index in [4.69, 9.17) is 0 Å². The number of carbonyl (C=O) groups is 1. The number of rotatable bonds is 7. The molecule has 30 heavy (non-hydrogen) atoms. The molecule has 0 saturated carbocycles. The number of para-hydroxylation sites is 1. The normalized spacial score (nSPS) is 11.5. The summed E-state index contributed by atoms with van der Waals surface area (Å²) in [7, 11) is -3.75. The maximum atomic E-state index is 14.0. The molecular formula is C20H17FN4O3S2. The Morgan fingerprint density at radius 2 is 1.93 bits per heavy atom. The van der Waals surface area contributed by atoms with Gasteiger partial charge < -0.3 is 9.88 Å². The third-order valence-electron chi connectivity index (χ3n) is 4.42. The molecule has 0 aliphatic heterocycles. The average molecular weight is 445 g/mol. The summed E-state index contributed by atoms with van der Waals surface area (Å²) in [5, 5.41) is 5.44. The van der Waals surface area contributed by atoms with Gasteiger partial charge in [0, 0.05) is 41.8 Å². The summed E-state index contributed by atoms with van der Waals surface area (Å²) in [5.74, 6) is -0.592. The van der Waals surface area contributed by atoms with E-state index >= 15 is 0 Å². The molecule has 4 aromatic rings. The van der Waals surface area contributed by atoms with Crippen LogP contribution in [0.2, 0.25) is 0 Å². The van der Waals surface area contributed by atoms with Gasteiger partial charge in [0.2, 0.25) is 5.91 Å². The van der Waals surface area contributed by atoms with Crippen LogP contribution < -0.4 is 10.0 Å². The minimum Gasteiger partial charge on any atom is -0.345 e. The number of fused-ring (bicyclic) bond motifs is 1. The second kappa shape index (κ2) is 8.25. The van der Waals surface area contributed by atoms with E-state index in [0.29, 0.717) is 17.7 Å². The molecule has 0 spiro atoms. The first kappa shape index (κ1) is 20.0. The van der Waals surface area contributed by atoms with Crippen molar-refractivity contribution in [1.29, 1.82) is 0 Å². The van der Waals surface area contributed by atoms with E-state index in [1.807, 2.05) is 6.07 Å². The van der Waals surface area contributed by atoms with E-state index < -0.39 is 10.0 Å². The minimum atomic E-state index is -3.75. The van der Waals surface area contributed by atoms with Crippen molar-refractivity contribution in [2.75, 3.05) is 10.0 Å². The number of hydrogen-bond donors (Lipinski definition) is 2. The Labute approximate surface area is 176 Å². The second-order valence-corrected chi connectivity index (χ2v) is 9.03.